The summed E-state index contributed by atoms with van der Waals surface area (Å²) in [6, 6.07) is 1.96. The molecule has 16 heavy (non-hydrogen) atoms. The Morgan fingerprint density at radius 3 is 2.75 bits per heavy atom. The van der Waals surface area contributed by atoms with Crippen LogP contribution in [0.5, 0.6) is 11.5 Å². The summed E-state index contributed by atoms with van der Waals surface area (Å²) in [4.78, 5) is 10.6. The third-order valence-electron chi connectivity index (χ3n) is 2.11. The number of carbonyl (C=O) groups is 1. The molecule has 4 N–H and O–H groups in total. The molecule has 0 heterocycles. The number of aromatic hydroxyl groups is 1. The lowest BCUT2D eigenvalue weighted by Gasteiger charge is -2.11. The highest BCUT2D eigenvalue weighted by atomic mass is 79.9. The number of carboxylic acids is 1. The number of benzene rings is 1. The van der Waals surface area contributed by atoms with Gasteiger partial charge in [-0.05, 0) is 33.6 Å². The highest BCUT2D eigenvalue weighted by Crippen LogP contribution is 2.32. The first-order chi connectivity index (χ1) is 7.45. The molecule has 0 aliphatic carbocycles. The van der Waals surface area contributed by atoms with Crippen LogP contribution in [-0.4, -0.2) is 29.3 Å². The van der Waals surface area contributed by atoms with Crippen molar-refractivity contribution < 1.29 is 19.7 Å². The van der Waals surface area contributed by atoms with Gasteiger partial charge in [-0.1, -0.05) is 0 Å². The van der Waals surface area contributed by atoms with Crippen LogP contribution in [0.3, 0.4) is 0 Å². The van der Waals surface area contributed by atoms with Crippen molar-refractivity contribution in [2.24, 2.45) is 5.73 Å². The van der Waals surface area contributed by atoms with Crippen LogP contribution in [0.25, 0.3) is 0 Å². The fraction of sp³-hybridized carbons (Fsp3) is 0.300. The van der Waals surface area contributed by atoms with E-state index in [-0.39, 0.29) is 12.2 Å². The van der Waals surface area contributed by atoms with E-state index in [0.29, 0.717) is 15.8 Å². The van der Waals surface area contributed by atoms with Crippen molar-refractivity contribution >= 4 is 21.9 Å². The number of aliphatic carboxylic acids is 1. The van der Waals surface area contributed by atoms with Crippen LogP contribution in [-0.2, 0) is 11.2 Å². The van der Waals surface area contributed by atoms with Crippen molar-refractivity contribution in [2.45, 2.75) is 12.5 Å². The lowest BCUT2D eigenvalue weighted by Crippen LogP contribution is -2.32. The largest absolute Gasteiger partial charge is 0.508 e. The summed E-state index contributed by atoms with van der Waals surface area (Å²) >= 11 is 3.20. The van der Waals surface area contributed by atoms with E-state index in [4.69, 9.17) is 15.6 Å². The number of carboxylic acid groups (broad SMARTS) is 1. The third-order valence-corrected chi connectivity index (χ3v) is 2.73. The number of methoxy groups -OCH3 is 1. The van der Waals surface area contributed by atoms with Gasteiger partial charge in [-0.15, -0.1) is 0 Å². The predicted molar refractivity (Wildman–Crippen MR) is 61.7 cm³/mol. The zero-order valence-corrected chi connectivity index (χ0v) is 10.2. The summed E-state index contributed by atoms with van der Waals surface area (Å²) < 4.78 is 5.63. The van der Waals surface area contributed by atoms with E-state index < -0.39 is 12.0 Å². The van der Waals surface area contributed by atoms with Gasteiger partial charge >= 0.3 is 5.97 Å². The van der Waals surface area contributed by atoms with Gasteiger partial charge in [-0.3, -0.25) is 4.79 Å². The average molecular weight is 290 g/mol. The topological polar surface area (TPSA) is 92.8 Å². The molecule has 0 aromatic heterocycles. The number of phenolic OH excluding ortho intramolecular Hbond substituents is 1. The summed E-state index contributed by atoms with van der Waals surface area (Å²) in [6.45, 7) is 0. The number of hydrogen-bond acceptors (Lipinski definition) is 4. The van der Waals surface area contributed by atoms with Crippen LogP contribution < -0.4 is 10.5 Å². The summed E-state index contributed by atoms with van der Waals surface area (Å²) in [7, 11) is 1.48. The molecule has 1 aromatic rings. The van der Waals surface area contributed by atoms with Crippen LogP contribution in [0, 0.1) is 0 Å². The maximum absolute atomic E-state index is 10.6. The summed E-state index contributed by atoms with van der Waals surface area (Å²) in [5, 5.41) is 18.3. The molecule has 88 valence electrons. The fourth-order valence-corrected chi connectivity index (χ4v) is 1.72. The molecule has 5 nitrogen and oxygen atoms in total. The van der Waals surface area contributed by atoms with Gasteiger partial charge in [-0.25, -0.2) is 0 Å². The van der Waals surface area contributed by atoms with Crippen LogP contribution in [0.4, 0.5) is 0 Å². The summed E-state index contributed by atoms with van der Waals surface area (Å²) in [6.07, 6.45) is 0.0464. The minimum atomic E-state index is -1.11. The molecule has 0 spiro atoms. The van der Waals surface area contributed by atoms with Gasteiger partial charge in [-0.2, -0.15) is 0 Å². The first kappa shape index (κ1) is 12.8. The van der Waals surface area contributed by atoms with Crippen molar-refractivity contribution in [3.05, 3.63) is 22.2 Å². The molecule has 0 aliphatic heterocycles. The van der Waals surface area contributed by atoms with E-state index in [2.05, 4.69) is 15.9 Å². The Hall–Kier alpha value is -1.27. The quantitative estimate of drug-likeness (QED) is 0.772. The lowest BCUT2D eigenvalue weighted by atomic mass is 10.1. The van der Waals surface area contributed by atoms with Gasteiger partial charge in [0.05, 0.1) is 11.6 Å². The number of rotatable bonds is 4. The smallest absolute Gasteiger partial charge is 0.320 e. The Bertz CT molecular complexity index is 408. The number of phenols is 1. The summed E-state index contributed by atoms with van der Waals surface area (Å²) in [5.41, 5.74) is 5.82. The van der Waals surface area contributed by atoms with Crippen molar-refractivity contribution in [3.8, 4) is 11.5 Å². The van der Waals surface area contributed by atoms with Crippen molar-refractivity contribution in [1.29, 1.82) is 0 Å². The monoisotopic (exact) mass is 289 g/mol. The maximum atomic E-state index is 10.6. The molecule has 1 unspecified atom stereocenters. The molecular formula is C10H12BrNO4. The maximum Gasteiger partial charge on any atom is 0.320 e. The second-order valence-corrected chi connectivity index (χ2v) is 4.12. The minimum Gasteiger partial charge on any atom is -0.508 e. The highest BCUT2D eigenvalue weighted by molar-refractivity contribution is 9.10. The van der Waals surface area contributed by atoms with E-state index in [1.54, 1.807) is 6.07 Å². The van der Waals surface area contributed by atoms with E-state index in [1.165, 1.54) is 13.2 Å². The van der Waals surface area contributed by atoms with E-state index in [0.717, 1.165) is 0 Å². The molecular weight excluding hydrogens is 278 g/mol. The zero-order chi connectivity index (χ0) is 12.3. The summed E-state index contributed by atoms with van der Waals surface area (Å²) in [5.74, 6) is -0.601. The van der Waals surface area contributed by atoms with Gasteiger partial charge in [0.15, 0.2) is 0 Å². The molecule has 0 saturated heterocycles. The number of halogens is 1. The molecule has 1 aromatic carbocycles. The van der Waals surface area contributed by atoms with E-state index in [9.17, 15) is 9.90 Å². The second kappa shape index (κ2) is 5.18. The number of hydrogen-bond donors (Lipinski definition) is 3. The van der Waals surface area contributed by atoms with Crippen LogP contribution >= 0.6 is 15.9 Å². The van der Waals surface area contributed by atoms with Gasteiger partial charge < -0.3 is 20.7 Å². The number of ether oxygens (including phenoxy) is 1. The molecule has 0 saturated carbocycles. The average Bonchev–Trinajstić information content (AvgIpc) is 2.21. The molecule has 0 radical (unpaired) electrons. The Balaban J connectivity index is 3.00. The Kier molecular flexibility index (Phi) is 4.14. The molecule has 0 aliphatic rings. The Morgan fingerprint density at radius 1 is 1.62 bits per heavy atom. The molecule has 6 heteroatoms. The second-order valence-electron chi connectivity index (χ2n) is 3.26. The van der Waals surface area contributed by atoms with Crippen molar-refractivity contribution in [3.63, 3.8) is 0 Å². The van der Waals surface area contributed by atoms with Gasteiger partial charge in [0.25, 0.3) is 0 Å². The Morgan fingerprint density at radius 2 is 2.25 bits per heavy atom. The van der Waals surface area contributed by atoms with E-state index in [1.807, 2.05) is 0 Å². The SMILES string of the molecule is COc1cc(CC(N)C(=O)O)c(O)cc1Br. The number of nitrogens with two attached hydrogens (primary N) is 1. The van der Waals surface area contributed by atoms with Gasteiger partial charge in [0, 0.05) is 6.42 Å². The molecule has 1 rings (SSSR count). The van der Waals surface area contributed by atoms with Crippen LogP contribution in [0.15, 0.2) is 16.6 Å². The Labute approximate surface area is 101 Å². The molecule has 1 atom stereocenters. The van der Waals surface area contributed by atoms with E-state index >= 15 is 0 Å². The van der Waals surface area contributed by atoms with Gasteiger partial charge in [0.2, 0.25) is 0 Å². The standard InChI is InChI=1S/C10H12BrNO4/c1-16-9-3-5(2-7(12)10(14)15)8(13)4-6(9)11/h3-4,7,13H,2,12H2,1H3,(H,14,15). The van der Waals surface area contributed by atoms with Crippen molar-refractivity contribution in [1.82, 2.24) is 0 Å². The van der Waals surface area contributed by atoms with Crippen LogP contribution in [0.2, 0.25) is 0 Å². The first-order valence-corrected chi connectivity index (χ1v) is 5.28. The molecule has 0 amide bonds. The fourth-order valence-electron chi connectivity index (χ4n) is 1.23. The van der Waals surface area contributed by atoms with Crippen LogP contribution in [0.1, 0.15) is 5.56 Å². The predicted octanol–water partition coefficient (Wildman–Crippen LogP) is 1.12. The zero-order valence-electron chi connectivity index (χ0n) is 8.61. The third kappa shape index (κ3) is 2.86. The first-order valence-electron chi connectivity index (χ1n) is 4.49. The normalized spacial score (nSPS) is 12.2. The molecule has 0 fully saturated rings. The van der Waals surface area contributed by atoms with Crippen molar-refractivity contribution in [2.75, 3.05) is 7.11 Å². The minimum absolute atomic E-state index is 0.00984. The van der Waals surface area contributed by atoms with Gasteiger partial charge in [0.1, 0.15) is 17.5 Å². The lowest BCUT2D eigenvalue weighted by molar-refractivity contribution is -0.138. The molecule has 0 bridgehead atoms. The highest BCUT2D eigenvalue weighted by Gasteiger charge is 2.16.